The quantitative estimate of drug-likeness (QED) is 0.313. The van der Waals surface area contributed by atoms with Gasteiger partial charge in [0.05, 0.1) is 18.8 Å². The molecule has 2 N–H and O–H groups in total. The number of alkyl halides is 1. The van der Waals surface area contributed by atoms with E-state index in [2.05, 4.69) is 32.9 Å². The summed E-state index contributed by atoms with van der Waals surface area (Å²) in [4.78, 5) is 22.1. The second-order valence-electron chi connectivity index (χ2n) is 10.2. The van der Waals surface area contributed by atoms with Gasteiger partial charge in [-0.25, -0.2) is 18.3 Å². The molecule has 0 saturated carbocycles. The predicted octanol–water partition coefficient (Wildman–Crippen LogP) is 4.16. The molecule has 202 valence electrons. The lowest BCUT2D eigenvalue weighted by Crippen LogP contribution is -2.37. The number of aromatic nitrogens is 3. The topological polar surface area (TPSA) is 86.0 Å². The van der Waals surface area contributed by atoms with E-state index >= 15 is 0 Å². The number of thiol groups is 1. The van der Waals surface area contributed by atoms with Crippen LogP contribution < -0.4 is 10.2 Å². The minimum Gasteiger partial charge on any atom is -0.508 e. The van der Waals surface area contributed by atoms with Crippen LogP contribution in [0.4, 0.5) is 14.6 Å². The van der Waals surface area contributed by atoms with Crippen LogP contribution in [0.2, 0.25) is 0 Å². The van der Waals surface area contributed by atoms with Gasteiger partial charge in [-0.2, -0.15) is 0 Å². The number of hydrogen-bond donors (Lipinski definition) is 3. The monoisotopic (exact) mass is 550 g/mol. The summed E-state index contributed by atoms with van der Waals surface area (Å²) in [5.41, 5.74) is 2.42. The Morgan fingerprint density at radius 2 is 2.03 bits per heavy atom. The van der Waals surface area contributed by atoms with E-state index in [4.69, 9.17) is 0 Å². The molecule has 6 rings (SSSR count). The number of anilines is 1. The molecule has 11 heteroatoms. The largest absolute Gasteiger partial charge is 0.508 e. The van der Waals surface area contributed by atoms with Gasteiger partial charge in [0.15, 0.2) is 11.3 Å². The first-order valence-corrected chi connectivity index (χ1v) is 13.3. The van der Waals surface area contributed by atoms with Crippen LogP contribution in [0.3, 0.4) is 0 Å². The molecule has 4 heterocycles. The van der Waals surface area contributed by atoms with Crippen LogP contribution in [0.5, 0.6) is 5.75 Å². The summed E-state index contributed by atoms with van der Waals surface area (Å²) in [7, 11) is 0. The molecule has 8 nitrogen and oxygen atoms in total. The number of nitrogens with zero attached hydrogens (tertiary/aromatic N) is 5. The average molecular weight is 551 g/mol. The predicted molar refractivity (Wildman–Crippen MR) is 145 cm³/mol. The van der Waals surface area contributed by atoms with Gasteiger partial charge < -0.3 is 15.3 Å². The van der Waals surface area contributed by atoms with Crippen LogP contribution in [0.25, 0.3) is 5.65 Å². The number of halogens is 2. The first kappa shape index (κ1) is 25.6. The molecule has 0 bridgehead atoms. The Bertz CT molecular complexity index is 1510. The van der Waals surface area contributed by atoms with Gasteiger partial charge in [0.2, 0.25) is 0 Å². The molecule has 0 radical (unpaired) electrons. The number of nitrogens with one attached hydrogen (secondary N) is 1. The van der Waals surface area contributed by atoms with Gasteiger partial charge in [-0.15, -0.1) is 17.7 Å². The van der Waals surface area contributed by atoms with Gasteiger partial charge in [0.25, 0.3) is 5.91 Å². The molecule has 2 aliphatic rings. The zero-order valence-electron chi connectivity index (χ0n) is 21.0. The second kappa shape index (κ2) is 10.5. The van der Waals surface area contributed by atoms with Crippen molar-refractivity contribution in [1.29, 1.82) is 0 Å². The molecule has 1 amide bonds. The van der Waals surface area contributed by atoms with Crippen molar-refractivity contribution in [1.82, 2.24) is 24.8 Å². The van der Waals surface area contributed by atoms with E-state index in [0.717, 1.165) is 18.5 Å². The van der Waals surface area contributed by atoms with E-state index in [1.807, 2.05) is 12.1 Å². The van der Waals surface area contributed by atoms with Crippen LogP contribution in [0.1, 0.15) is 40.5 Å². The number of phenols is 1. The molecule has 2 saturated heterocycles. The van der Waals surface area contributed by atoms with Crippen molar-refractivity contribution in [2.24, 2.45) is 0 Å². The van der Waals surface area contributed by atoms with Crippen molar-refractivity contribution < 1.29 is 18.7 Å². The molecule has 0 spiro atoms. The van der Waals surface area contributed by atoms with Crippen molar-refractivity contribution in [2.45, 2.75) is 42.5 Å². The van der Waals surface area contributed by atoms with Crippen LogP contribution in [0, 0.1) is 5.82 Å². The lowest BCUT2D eigenvalue weighted by molar-refractivity contribution is 0.0930. The number of amides is 1. The van der Waals surface area contributed by atoms with Crippen molar-refractivity contribution in [2.75, 3.05) is 24.5 Å². The average Bonchev–Trinajstić information content (AvgIpc) is 3.61. The Morgan fingerprint density at radius 3 is 2.85 bits per heavy atom. The zero-order valence-corrected chi connectivity index (χ0v) is 21.9. The number of likely N-dealkylation sites (tertiary alicyclic amines) is 1. The van der Waals surface area contributed by atoms with E-state index in [9.17, 15) is 18.7 Å². The Kier molecular flexibility index (Phi) is 6.86. The highest BCUT2D eigenvalue weighted by Gasteiger charge is 2.35. The van der Waals surface area contributed by atoms with Crippen molar-refractivity contribution in [3.63, 3.8) is 0 Å². The highest BCUT2D eigenvalue weighted by atomic mass is 32.1. The molecule has 39 heavy (non-hydrogen) atoms. The van der Waals surface area contributed by atoms with Crippen LogP contribution in [-0.4, -0.2) is 62.4 Å². The molecule has 2 aliphatic heterocycles. The van der Waals surface area contributed by atoms with E-state index in [1.165, 1.54) is 22.8 Å². The summed E-state index contributed by atoms with van der Waals surface area (Å²) in [5.74, 6) is -0.00444. The van der Waals surface area contributed by atoms with Gasteiger partial charge in [-0.05, 0) is 60.0 Å². The molecule has 2 fully saturated rings. The van der Waals surface area contributed by atoms with Crippen LogP contribution in [0.15, 0.2) is 65.7 Å². The Morgan fingerprint density at radius 1 is 1.15 bits per heavy atom. The van der Waals surface area contributed by atoms with Crippen molar-refractivity contribution >= 4 is 30.0 Å². The maximum atomic E-state index is 14.6. The number of benzene rings is 2. The third-order valence-corrected chi connectivity index (χ3v) is 7.60. The fourth-order valence-corrected chi connectivity index (χ4v) is 5.85. The highest BCUT2D eigenvalue weighted by molar-refractivity contribution is 7.80. The number of carbonyl (C=O) groups is 1. The molecular formula is C28H28F2N6O2S. The normalized spacial score (nSPS) is 21.6. The third kappa shape index (κ3) is 5.41. The van der Waals surface area contributed by atoms with Crippen molar-refractivity contribution in [3.8, 4) is 5.75 Å². The number of carbonyl (C=O) groups excluding carboxylic acids is 1. The SMILES string of the molecule is O=C(N[C@H]1CCN(Cc2cccc(O)c2)C1)c1cnc2ccc(N3C[C@@H](F)C[C@@H]3c3cc(F)cc(S)c3)nn12. The molecule has 2 aromatic carbocycles. The number of phenolic OH excluding ortho intramolecular Hbond substituents is 1. The molecule has 0 aliphatic carbocycles. The van der Waals surface area contributed by atoms with E-state index in [1.54, 1.807) is 35.2 Å². The molecule has 2 aromatic heterocycles. The summed E-state index contributed by atoms with van der Waals surface area (Å²) in [6.07, 6.45) is 1.39. The summed E-state index contributed by atoms with van der Waals surface area (Å²) in [6, 6.07) is 14.7. The molecule has 0 unspecified atom stereocenters. The van der Waals surface area contributed by atoms with Gasteiger partial charge in [-0.1, -0.05) is 12.1 Å². The van der Waals surface area contributed by atoms with Crippen LogP contribution in [-0.2, 0) is 6.54 Å². The second-order valence-corrected chi connectivity index (χ2v) is 10.7. The molecule has 3 atom stereocenters. The Hall–Kier alpha value is -3.70. The van der Waals surface area contributed by atoms with Gasteiger partial charge in [0, 0.05) is 37.0 Å². The first-order chi connectivity index (χ1) is 18.8. The molecular weight excluding hydrogens is 522 g/mol. The van der Waals surface area contributed by atoms with Gasteiger partial charge in [0.1, 0.15) is 23.6 Å². The smallest absolute Gasteiger partial charge is 0.271 e. The highest BCUT2D eigenvalue weighted by Crippen LogP contribution is 2.37. The minimum absolute atomic E-state index is 0.0396. The summed E-state index contributed by atoms with van der Waals surface area (Å²) < 4.78 is 30.2. The Labute approximate surface area is 229 Å². The lowest BCUT2D eigenvalue weighted by Gasteiger charge is -2.26. The lowest BCUT2D eigenvalue weighted by atomic mass is 10.0. The summed E-state index contributed by atoms with van der Waals surface area (Å²) >= 11 is 4.28. The number of rotatable bonds is 6. The number of imidazole rings is 1. The van der Waals surface area contributed by atoms with Crippen molar-refractivity contribution in [3.05, 3.63) is 83.4 Å². The molecule has 4 aromatic rings. The fraction of sp³-hybridized carbons (Fsp3) is 0.321. The standard InChI is InChI=1S/C28H28F2N6O2S/c29-19-9-18(10-23(39)11-19)24-12-20(30)15-35(24)27-5-4-26-31-13-25(36(26)33-27)28(38)32-21-6-7-34(16-21)14-17-2-1-3-22(37)8-17/h1-5,8-11,13,20-21,24,37,39H,6-7,12,14-16H2,(H,32,38)/t20-,21-,24+/m0/s1. The zero-order chi connectivity index (χ0) is 27.1. The minimum atomic E-state index is -1.10. The maximum absolute atomic E-state index is 14.6. The van der Waals surface area contributed by atoms with E-state index < -0.39 is 18.0 Å². The number of aromatic hydroxyl groups is 1. The van der Waals surface area contributed by atoms with E-state index in [0.29, 0.717) is 35.0 Å². The van der Waals surface area contributed by atoms with Gasteiger partial charge >= 0.3 is 0 Å². The van der Waals surface area contributed by atoms with Crippen LogP contribution >= 0.6 is 12.6 Å². The number of fused-ring (bicyclic) bond motifs is 1. The summed E-state index contributed by atoms with van der Waals surface area (Å²) in [5, 5.41) is 17.5. The fourth-order valence-electron chi connectivity index (χ4n) is 5.58. The maximum Gasteiger partial charge on any atom is 0.271 e. The number of hydrogen-bond acceptors (Lipinski definition) is 7. The van der Waals surface area contributed by atoms with Gasteiger partial charge in [-0.3, -0.25) is 9.69 Å². The summed E-state index contributed by atoms with van der Waals surface area (Å²) in [6.45, 7) is 2.30. The Balaban J connectivity index is 1.19. The first-order valence-electron chi connectivity index (χ1n) is 12.9. The third-order valence-electron chi connectivity index (χ3n) is 7.34. The van der Waals surface area contributed by atoms with E-state index in [-0.39, 0.29) is 36.4 Å².